The molecule has 2 aromatic carbocycles. The van der Waals surface area contributed by atoms with Gasteiger partial charge in [0.05, 0.1) is 13.2 Å². The van der Waals surface area contributed by atoms with Crippen LogP contribution >= 0.6 is 0 Å². The van der Waals surface area contributed by atoms with Gasteiger partial charge in [0.2, 0.25) is 0 Å². The Morgan fingerprint density at radius 1 is 1.15 bits per heavy atom. The number of nitriles is 1. The van der Waals surface area contributed by atoms with Crippen LogP contribution in [0.5, 0.6) is 5.75 Å². The molecule has 170 valence electrons. The van der Waals surface area contributed by atoms with Gasteiger partial charge in [0.25, 0.3) is 5.91 Å². The third kappa shape index (κ3) is 4.09. The number of aryl methyl sites for hydroxylation is 1. The van der Waals surface area contributed by atoms with Crippen molar-refractivity contribution in [1.29, 1.82) is 5.26 Å². The second-order valence-electron chi connectivity index (χ2n) is 9.32. The first kappa shape index (κ1) is 21.5. The summed E-state index contributed by atoms with van der Waals surface area (Å²) in [7, 11) is 1.63. The van der Waals surface area contributed by atoms with E-state index in [-0.39, 0.29) is 11.9 Å². The Labute approximate surface area is 194 Å². The molecule has 1 aliphatic heterocycles. The fourth-order valence-electron chi connectivity index (χ4n) is 5.24. The van der Waals surface area contributed by atoms with Gasteiger partial charge in [-0.1, -0.05) is 19.1 Å². The van der Waals surface area contributed by atoms with E-state index in [2.05, 4.69) is 35.0 Å². The number of aromatic amines is 1. The van der Waals surface area contributed by atoms with E-state index >= 15 is 0 Å². The second kappa shape index (κ2) is 8.92. The van der Waals surface area contributed by atoms with Gasteiger partial charge in [-0.3, -0.25) is 9.69 Å². The van der Waals surface area contributed by atoms with Gasteiger partial charge < -0.3 is 14.6 Å². The smallest absolute Gasteiger partial charge is 0.253 e. The molecular formula is C27H30N4O2. The molecule has 2 unspecified atom stereocenters. The summed E-state index contributed by atoms with van der Waals surface area (Å²) in [4.78, 5) is 20.9. The number of nitrogens with one attached hydrogen (secondary N) is 1. The van der Waals surface area contributed by atoms with Crippen LogP contribution in [0.25, 0.3) is 10.9 Å². The molecule has 2 atom stereocenters. The molecule has 0 bridgehead atoms. The van der Waals surface area contributed by atoms with Gasteiger partial charge in [-0.15, -0.1) is 0 Å². The third-order valence-corrected chi connectivity index (χ3v) is 7.20. The monoisotopic (exact) mass is 442 g/mol. The van der Waals surface area contributed by atoms with E-state index in [0.29, 0.717) is 32.1 Å². The van der Waals surface area contributed by atoms with Crippen molar-refractivity contribution >= 4 is 16.8 Å². The van der Waals surface area contributed by atoms with Crippen molar-refractivity contribution < 1.29 is 9.53 Å². The van der Waals surface area contributed by atoms with Crippen molar-refractivity contribution in [2.24, 2.45) is 5.92 Å². The number of piperazine rings is 1. The average Bonchev–Trinajstić information content (AvgIpc) is 3.22. The van der Waals surface area contributed by atoms with E-state index in [1.54, 1.807) is 7.11 Å². The van der Waals surface area contributed by atoms with Gasteiger partial charge in [0.15, 0.2) is 0 Å². The van der Waals surface area contributed by atoms with Crippen molar-refractivity contribution in [2.45, 2.75) is 32.2 Å². The molecule has 0 saturated carbocycles. The van der Waals surface area contributed by atoms with Crippen molar-refractivity contribution in [3.63, 3.8) is 0 Å². The number of carbonyl (C=O) groups is 1. The number of hydrogen-bond acceptors (Lipinski definition) is 4. The predicted molar refractivity (Wildman–Crippen MR) is 128 cm³/mol. The highest BCUT2D eigenvalue weighted by molar-refractivity contribution is 5.99. The summed E-state index contributed by atoms with van der Waals surface area (Å²) in [5.41, 5.74) is 5.56. The number of H-pyrrole nitrogens is 1. The molecule has 0 spiro atoms. The Morgan fingerprint density at radius 2 is 1.91 bits per heavy atom. The Kier molecular flexibility index (Phi) is 5.82. The number of hydrogen-bond donors (Lipinski definition) is 1. The zero-order valence-corrected chi connectivity index (χ0v) is 19.3. The SMILES string of the molecule is COc1ccc(C(C#N)N2CCN(C(=O)c3ccc4[nH]c5c(c4c3)CC(C)CC5)CC2)cc1. The van der Waals surface area contributed by atoms with E-state index in [1.807, 2.05) is 35.2 Å². The quantitative estimate of drug-likeness (QED) is 0.653. The molecule has 1 aromatic heterocycles. The fraction of sp³-hybridized carbons (Fsp3) is 0.407. The second-order valence-corrected chi connectivity index (χ2v) is 9.32. The lowest BCUT2D eigenvalue weighted by Gasteiger charge is -2.37. The van der Waals surface area contributed by atoms with Crippen LogP contribution in [0.15, 0.2) is 42.5 Å². The van der Waals surface area contributed by atoms with Gasteiger partial charge in [-0.05, 0) is 66.6 Å². The molecule has 33 heavy (non-hydrogen) atoms. The highest BCUT2D eigenvalue weighted by atomic mass is 16.5. The minimum atomic E-state index is -0.321. The summed E-state index contributed by atoms with van der Waals surface area (Å²) in [6, 6.07) is 15.8. The molecule has 1 N–H and O–H groups in total. The van der Waals surface area contributed by atoms with E-state index in [9.17, 15) is 10.1 Å². The van der Waals surface area contributed by atoms with E-state index in [1.165, 1.54) is 23.1 Å². The van der Waals surface area contributed by atoms with Gasteiger partial charge in [0.1, 0.15) is 11.8 Å². The topological polar surface area (TPSA) is 72.4 Å². The number of amides is 1. The number of rotatable bonds is 4. The summed E-state index contributed by atoms with van der Waals surface area (Å²) in [6.45, 7) is 4.89. The van der Waals surface area contributed by atoms with E-state index < -0.39 is 0 Å². The van der Waals surface area contributed by atoms with Crippen LogP contribution in [0.3, 0.4) is 0 Å². The molecule has 0 radical (unpaired) electrons. The Morgan fingerprint density at radius 3 is 2.61 bits per heavy atom. The first-order valence-corrected chi connectivity index (χ1v) is 11.8. The number of carbonyl (C=O) groups excluding carboxylic acids is 1. The number of nitrogens with zero attached hydrogens (tertiary/aromatic N) is 3. The minimum absolute atomic E-state index is 0.0771. The summed E-state index contributed by atoms with van der Waals surface area (Å²) in [5, 5.41) is 11.0. The lowest BCUT2D eigenvalue weighted by molar-refractivity contribution is 0.0606. The zero-order valence-electron chi connectivity index (χ0n) is 19.3. The molecule has 2 aliphatic rings. The van der Waals surface area contributed by atoms with Crippen molar-refractivity contribution in [1.82, 2.24) is 14.8 Å². The summed E-state index contributed by atoms with van der Waals surface area (Å²) in [6.07, 6.45) is 3.38. The summed E-state index contributed by atoms with van der Waals surface area (Å²) < 4.78 is 5.23. The van der Waals surface area contributed by atoms with Crippen LogP contribution in [0, 0.1) is 17.2 Å². The van der Waals surface area contributed by atoms with Crippen molar-refractivity contribution in [2.75, 3.05) is 33.3 Å². The standard InChI is InChI=1S/C27H30N4O2/c1-18-3-9-24-22(15-18)23-16-20(6-10-25(23)29-24)27(32)31-13-11-30(12-14-31)26(17-28)19-4-7-21(33-2)8-5-19/h4-8,10,16,18,26,29H,3,9,11-15H2,1-2H3. The number of aromatic nitrogens is 1. The first-order chi connectivity index (χ1) is 16.1. The number of benzene rings is 2. The third-order valence-electron chi connectivity index (χ3n) is 7.20. The van der Waals surface area contributed by atoms with Crippen LogP contribution in [0.4, 0.5) is 0 Å². The van der Waals surface area contributed by atoms with E-state index in [0.717, 1.165) is 35.2 Å². The Balaban J connectivity index is 1.29. The minimum Gasteiger partial charge on any atom is -0.497 e. The molecule has 1 amide bonds. The molecule has 1 saturated heterocycles. The molecule has 2 heterocycles. The Hall–Kier alpha value is -3.30. The Bertz CT molecular complexity index is 1200. The maximum Gasteiger partial charge on any atom is 0.253 e. The molecular weight excluding hydrogens is 412 g/mol. The molecule has 1 fully saturated rings. The van der Waals surface area contributed by atoms with Gasteiger partial charge in [-0.25, -0.2) is 0 Å². The van der Waals surface area contributed by atoms with Crippen LogP contribution in [-0.2, 0) is 12.8 Å². The number of fused-ring (bicyclic) bond motifs is 3. The average molecular weight is 443 g/mol. The lowest BCUT2D eigenvalue weighted by atomic mass is 9.87. The maximum atomic E-state index is 13.3. The zero-order chi connectivity index (χ0) is 22.9. The van der Waals surface area contributed by atoms with Crippen LogP contribution in [0.2, 0.25) is 0 Å². The number of ether oxygens (including phenoxy) is 1. The highest BCUT2D eigenvalue weighted by Gasteiger charge is 2.28. The first-order valence-electron chi connectivity index (χ1n) is 11.8. The molecule has 6 heteroatoms. The summed E-state index contributed by atoms with van der Waals surface area (Å²) in [5.74, 6) is 1.54. The van der Waals surface area contributed by atoms with Crippen LogP contribution in [-0.4, -0.2) is 54.0 Å². The van der Waals surface area contributed by atoms with Gasteiger partial charge >= 0.3 is 0 Å². The van der Waals surface area contributed by atoms with Gasteiger partial charge in [0, 0.05) is 48.3 Å². The highest BCUT2D eigenvalue weighted by Crippen LogP contribution is 2.32. The normalized spacial score (nSPS) is 19.7. The fourth-order valence-corrected chi connectivity index (χ4v) is 5.24. The number of methoxy groups -OCH3 is 1. The maximum absolute atomic E-state index is 13.3. The molecule has 1 aliphatic carbocycles. The summed E-state index contributed by atoms with van der Waals surface area (Å²) >= 11 is 0. The van der Waals surface area contributed by atoms with Crippen LogP contribution in [0.1, 0.15) is 46.6 Å². The molecule has 3 aromatic rings. The lowest BCUT2D eigenvalue weighted by Crippen LogP contribution is -2.49. The largest absolute Gasteiger partial charge is 0.497 e. The van der Waals surface area contributed by atoms with E-state index in [4.69, 9.17) is 4.74 Å². The van der Waals surface area contributed by atoms with Gasteiger partial charge in [-0.2, -0.15) is 5.26 Å². The molecule has 6 nitrogen and oxygen atoms in total. The van der Waals surface area contributed by atoms with Crippen molar-refractivity contribution in [3.8, 4) is 11.8 Å². The predicted octanol–water partition coefficient (Wildman–Crippen LogP) is 4.32. The van der Waals surface area contributed by atoms with Crippen LogP contribution < -0.4 is 4.74 Å². The molecule has 5 rings (SSSR count). The van der Waals surface area contributed by atoms with Crippen molar-refractivity contribution in [3.05, 3.63) is 64.8 Å².